The Morgan fingerprint density at radius 1 is 1.08 bits per heavy atom. The first-order valence-corrected chi connectivity index (χ1v) is 4.21. The first kappa shape index (κ1) is 7.87. The van der Waals surface area contributed by atoms with E-state index in [0.29, 0.717) is 0 Å². The molecule has 0 saturated carbocycles. The van der Waals surface area contributed by atoms with Crippen molar-refractivity contribution in [3.05, 3.63) is 46.8 Å². The summed E-state index contributed by atoms with van der Waals surface area (Å²) in [5.74, 6) is 0. The molecule has 1 nitrogen and oxygen atoms in total. The van der Waals surface area contributed by atoms with Crippen LogP contribution in [0, 0.1) is 0 Å². The Bertz CT molecular complexity index is 541. The molecule has 13 heavy (non-hydrogen) atoms. The Labute approximate surface area is 76.8 Å². The number of hydrogen-bond acceptors (Lipinski definition) is 1. The fraction of sp³-hybridized carbons (Fsp3) is 0. The summed E-state index contributed by atoms with van der Waals surface area (Å²) in [6.45, 7) is 4.01. The SMILES string of the molecule is C=c1/c(=C\N)ccc2ccccc12. The van der Waals surface area contributed by atoms with E-state index in [0.717, 1.165) is 10.4 Å². The van der Waals surface area contributed by atoms with E-state index in [-0.39, 0.29) is 0 Å². The molecule has 2 N–H and O–H groups in total. The summed E-state index contributed by atoms with van der Waals surface area (Å²) in [6, 6.07) is 12.2. The van der Waals surface area contributed by atoms with Gasteiger partial charge in [0.25, 0.3) is 0 Å². The lowest BCUT2D eigenvalue weighted by Gasteiger charge is -1.97. The molecule has 0 aromatic heterocycles. The number of rotatable bonds is 0. The third-order valence-electron chi connectivity index (χ3n) is 2.26. The van der Waals surface area contributed by atoms with Crippen molar-refractivity contribution < 1.29 is 0 Å². The number of benzene rings is 2. The van der Waals surface area contributed by atoms with E-state index < -0.39 is 0 Å². The van der Waals surface area contributed by atoms with Crippen molar-refractivity contribution >= 4 is 23.6 Å². The predicted molar refractivity (Wildman–Crippen MR) is 57.4 cm³/mol. The highest BCUT2D eigenvalue weighted by atomic mass is 14.5. The lowest BCUT2D eigenvalue weighted by molar-refractivity contribution is 1.55. The monoisotopic (exact) mass is 169 g/mol. The van der Waals surface area contributed by atoms with Crippen LogP contribution in [-0.4, -0.2) is 0 Å². The average Bonchev–Trinajstić information content (AvgIpc) is 2.19. The first-order chi connectivity index (χ1) is 6.33. The van der Waals surface area contributed by atoms with Crippen LogP contribution < -0.4 is 16.2 Å². The second-order valence-corrected chi connectivity index (χ2v) is 3.02. The van der Waals surface area contributed by atoms with Crippen LogP contribution in [0.15, 0.2) is 36.4 Å². The zero-order chi connectivity index (χ0) is 9.26. The number of fused-ring (bicyclic) bond motifs is 1. The van der Waals surface area contributed by atoms with E-state index in [4.69, 9.17) is 5.73 Å². The molecule has 0 atom stereocenters. The van der Waals surface area contributed by atoms with Gasteiger partial charge in [0.15, 0.2) is 0 Å². The average molecular weight is 169 g/mol. The van der Waals surface area contributed by atoms with Gasteiger partial charge < -0.3 is 5.73 Å². The zero-order valence-electron chi connectivity index (χ0n) is 7.33. The maximum atomic E-state index is 5.48. The summed E-state index contributed by atoms with van der Waals surface area (Å²) in [6.07, 6.45) is 1.59. The van der Waals surface area contributed by atoms with E-state index in [1.165, 1.54) is 10.8 Å². The Morgan fingerprint density at radius 2 is 1.85 bits per heavy atom. The van der Waals surface area contributed by atoms with Crippen molar-refractivity contribution in [1.29, 1.82) is 0 Å². The summed E-state index contributed by atoms with van der Waals surface area (Å²) < 4.78 is 0. The summed E-state index contributed by atoms with van der Waals surface area (Å²) in [7, 11) is 0. The topological polar surface area (TPSA) is 26.0 Å². The van der Waals surface area contributed by atoms with E-state index in [2.05, 4.69) is 24.8 Å². The minimum atomic E-state index is 0.999. The molecule has 0 aliphatic rings. The highest BCUT2D eigenvalue weighted by Gasteiger charge is 1.91. The van der Waals surface area contributed by atoms with Crippen molar-refractivity contribution in [2.24, 2.45) is 5.73 Å². The van der Waals surface area contributed by atoms with Crippen molar-refractivity contribution in [2.75, 3.05) is 0 Å². The molecular weight excluding hydrogens is 158 g/mol. The molecule has 0 aliphatic heterocycles. The number of nitrogens with two attached hydrogens (primary N) is 1. The zero-order valence-corrected chi connectivity index (χ0v) is 7.33. The highest BCUT2D eigenvalue weighted by molar-refractivity contribution is 5.83. The number of hydrogen-bond donors (Lipinski definition) is 1. The Kier molecular flexibility index (Phi) is 1.78. The molecule has 2 aromatic carbocycles. The Balaban J connectivity index is 3.05. The minimum absolute atomic E-state index is 0.999. The molecule has 0 aliphatic carbocycles. The van der Waals surface area contributed by atoms with Gasteiger partial charge in [0.05, 0.1) is 0 Å². The third kappa shape index (κ3) is 1.18. The molecule has 0 unspecified atom stereocenters. The van der Waals surface area contributed by atoms with Gasteiger partial charge in [-0.15, -0.1) is 0 Å². The lowest BCUT2D eigenvalue weighted by atomic mass is 10.1. The normalized spacial score (nSPS) is 12.2. The smallest absolute Gasteiger partial charge is 0.00176 e. The van der Waals surface area contributed by atoms with Crippen molar-refractivity contribution in [1.82, 2.24) is 0 Å². The molecular formula is C12H11N. The molecule has 0 radical (unpaired) electrons. The van der Waals surface area contributed by atoms with E-state index in [1.807, 2.05) is 18.2 Å². The molecule has 0 heterocycles. The van der Waals surface area contributed by atoms with Gasteiger partial charge in [-0.05, 0) is 21.2 Å². The van der Waals surface area contributed by atoms with Gasteiger partial charge in [0.1, 0.15) is 0 Å². The maximum absolute atomic E-state index is 5.48. The van der Waals surface area contributed by atoms with Crippen LogP contribution in [0.4, 0.5) is 0 Å². The fourth-order valence-corrected chi connectivity index (χ4v) is 1.51. The van der Waals surface area contributed by atoms with Crippen molar-refractivity contribution in [2.45, 2.75) is 0 Å². The molecule has 64 valence electrons. The Hall–Kier alpha value is -1.76. The molecule has 0 amide bonds. The molecule has 0 saturated heterocycles. The van der Waals surface area contributed by atoms with Gasteiger partial charge in [-0.3, -0.25) is 0 Å². The van der Waals surface area contributed by atoms with E-state index >= 15 is 0 Å². The van der Waals surface area contributed by atoms with Crippen LogP contribution in [0.25, 0.3) is 23.6 Å². The molecule has 2 aromatic rings. The van der Waals surface area contributed by atoms with Gasteiger partial charge in [-0.25, -0.2) is 0 Å². The van der Waals surface area contributed by atoms with E-state index in [9.17, 15) is 0 Å². The van der Waals surface area contributed by atoms with Crippen molar-refractivity contribution in [3.63, 3.8) is 0 Å². The maximum Gasteiger partial charge on any atom is 0.00176 e. The highest BCUT2D eigenvalue weighted by Crippen LogP contribution is 2.05. The van der Waals surface area contributed by atoms with Crippen LogP contribution in [0.3, 0.4) is 0 Å². The van der Waals surface area contributed by atoms with Crippen LogP contribution in [0.1, 0.15) is 0 Å². The third-order valence-corrected chi connectivity index (χ3v) is 2.26. The van der Waals surface area contributed by atoms with Crippen LogP contribution in [-0.2, 0) is 0 Å². The van der Waals surface area contributed by atoms with Gasteiger partial charge in [0, 0.05) is 6.20 Å². The van der Waals surface area contributed by atoms with Crippen LogP contribution >= 0.6 is 0 Å². The Morgan fingerprint density at radius 3 is 2.62 bits per heavy atom. The summed E-state index contributed by atoms with van der Waals surface area (Å²) in [5.41, 5.74) is 5.48. The van der Waals surface area contributed by atoms with Crippen LogP contribution in [0.5, 0.6) is 0 Å². The second-order valence-electron chi connectivity index (χ2n) is 3.02. The predicted octanol–water partition coefficient (Wildman–Crippen LogP) is 0.947. The first-order valence-electron chi connectivity index (χ1n) is 4.21. The fourth-order valence-electron chi connectivity index (χ4n) is 1.51. The van der Waals surface area contributed by atoms with Crippen molar-refractivity contribution in [3.8, 4) is 0 Å². The second kappa shape index (κ2) is 2.94. The summed E-state index contributed by atoms with van der Waals surface area (Å²) in [5, 5.41) is 4.37. The standard InChI is InChI=1S/C12H11N/c1-9-11(8-13)7-6-10-4-2-3-5-12(9)10/h2-8H,1,13H2/b11-8-. The van der Waals surface area contributed by atoms with Crippen LogP contribution in [0.2, 0.25) is 0 Å². The minimum Gasteiger partial charge on any atom is -0.404 e. The lowest BCUT2D eigenvalue weighted by Crippen LogP contribution is -2.24. The quantitative estimate of drug-likeness (QED) is 0.624. The van der Waals surface area contributed by atoms with Gasteiger partial charge in [-0.1, -0.05) is 43.0 Å². The van der Waals surface area contributed by atoms with E-state index in [1.54, 1.807) is 6.20 Å². The molecule has 0 fully saturated rings. The summed E-state index contributed by atoms with van der Waals surface area (Å²) >= 11 is 0. The summed E-state index contributed by atoms with van der Waals surface area (Å²) in [4.78, 5) is 0. The largest absolute Gasteiger partial charge is 0.404 e. The molecule has 2 rings (SSSR count). The van der Waals surface area contributed by atoms with Gasteiger partial charge in [0.2, 0.25) is 0 Å². The molecule has 0 spiro atoms. The molecule has 0 bridgehead atoms. The molecule has 1 heteroatoms. The van der Waals surface area contributed by atoms with Gasteiger partial charge in [-0.2, -0.15) is 0 Å². The van der Waals surface area contributed by atoms with Gasteiger partial charge >= 0.3 is 0 Å².